The number of hydrogen-bond donors (Lipinski definition) is 1. The Hall–Kier alpha value is -2.05. The largest absolute Gasteiger partial charge is 0.462 e. The van der Waals surface area contributed by atoms with Gasteiger partial charge in [0.25, 0.3) is 0 Å². The molecular weight excluding hydrogens is 252 g/mol. The van der Waals surface area contributed by atoms with Gasteiger partial charge >= 0.3 is 12.1 Å². The molecule has 1 rings (SSSR count). The fourth-order valence-corrected chi connectivity index (χ4v) is 1.27. The molecule has 1 amide bonds. The molecule has 0 bridgehead atoms. The van der Waals surface area contributed by atoms with Crippen LogP contribution in [-0.4, -0.2) is 30.4 Å². The second kappa shape index (κ2) is 6.77. The molecule has 1 heterocycles. The monoisotopic (exact) mass is 270 g/mol. The average molecular weight is 270 g/mol. The number of aromatic nitrogens is 1. The van der Waals surface area contributed by atoms with Crippen molar-refractivity contribution in [3.05, 3.63) is 11.3 Å². The van der Waals surface area contributed by atoms with E-state index in [0.717, 1.165) is 0 Å². The molecule has 0 fully saturated rings. The summed E-state index contributed by atoms with van der Waals surface area (Å²) >= 11 is 0. The van der Waals surface area contributed by atoms with E-state index in [1.54, 1.807) is 13.8 Å². The van der Waals surface area contributed by atoms with E-state index < -0.39 is 12.1 Å². The van der Waals surface area contributed by atoms with Crippen molar-refractivity contribution in [2.24, 2.45) is 5.92 Å². The van der Waals surface area contributed by atoms with E-state index in [0.29, 0.717) is 5.69 Å². The average Bonchev–Trinajstić information content (AvgIpc) is 2.68. The first-order valence-electron chi connectivity index (χ1n) is 6.02. The van der Waals surface area contributed by atoms with E-state index in [9.17, 15) is 9.59 Å². The number of anilines is 1. The number of amides is 1. The summed E-state index contributed by atoms with van der Waals surface area (Å²) < 4.78 is 14.7. The molecule has 0 unspecified atom stereocenters. The van der Waals surface area contributed by atoms with E-state index >= 15 is 0 Å². The summed E-state index contributed by atoms with van der Waals surface area (Å²) in [5.41, 5.74) is 0.445. The molecule has 0 aromatic carbocycles. The molecule has 0 aliphatic heterocycles. The number of nitrogens with one attached hydrogen (secondary N) is 1. The number of esters is 1. The first-order valence-corrected chi connectivity index (χ1v) is 6.02. The number of carbonyl (C=O) groups is 2. The summed E-state index contributed by atoms with van der Waals surface area (Å²) in [4.78, 5) is 23.2. The molecule has 106 valence electrons. The van der Waals surface area contributed by atoms with Crippen molar-refractivity contribution in [1.29, 1.82) is 0 Å². The van der Waals surface area contributed by atoms with E-state index in [1.807, 2.05) is 13.8 Å². The van der Waals surface area contributed by atoms with Gasteiger partial charge < -0.3 is 14.0 Å². The number of hydrogen-bond acceptors (Lipinski definition) is 6. The number of nitrogens with zero attached hydrogens (tertiary/aromatic N) is 1. The van der Waals surface area contributed by atoms with Gasteiger partial charge in [0.15, 0.2) is 0 Å². The van der Waals surface area contributed by atoms with Crippen molar-refractivity contribution in [2.45, 2.75) is 27.7 Å². The van der Waals surface area contributed by atoms with Crippen LogP contribution in [0.25, 0.3) is 0 Å². The highest BCUT2D eigenvalue weighted by molar-refractivity contribution is 5.98. The topological polar surface area (TPSA) is 90.7 Å². The minimum absolute atomic E-state index is 0.0651. The highest BCUT2D eigenvalue weighted by atomic mass is 16.6. The molecule has 0 radical (unpaired) electrons. The lowest BCUT2D eigenvalue weighted by molar-refractivity contribution is 0.0526. The molecule has 1 aromatic rings. The maximum atomic E-state index is 11.7. The van der Waals surface area contributed by atoms with Crippen LogP contribution in [0.1, 0.15) is 36.8 Å². The van der Waals surface area contributed by atoms with Gasteiger partial charge in [-0.3, -0.25) is 5.32 Å². The highest BCUT2D eigenvalue weighted by Crippen LogP contribution is 2.20. The summed E-state index contributed by atoms with van der Waals surface area (Å²) in [6.07, 6.45) is -0.699. The molecule has 0 aliphatic carbocycles. The Kier molecular flexibility index (Phi) is 5.35. The van der Waals surface area contributed by atoms with Gasteiger partial charge in [-0.15, -0.1) is 0 Å². The lowest BCUT2D eigenvalue weighted by Crippen LogP contribution is -2.18. The molecule has 0 aliphatic rings. The van der Waals surface area contributed by atoms with Crippen molar-refractivity contribution in [3.63, 3.8) is 0 Å². The Morgan fingerprint density at radius 3 is 2.63 bits per heavy atom. The van der Waals surface area contributed by atoms with Gasteiger partial charge in [0, 0.05) is 0 Å². The second-order valence-electron chi connectivity index (χ2n) is 4.31. The van der Waals surface area contributed by atoms with Crippen LogP contribution in [0.2, 0.25) is 0 Å². The normalized spacial score (nSPS) is 10.4. The fourth-order valence-electron chi connectivity index (χ4n) is 1.27. The lowest BCUT2D eigenvalue weighted by atomic mass is 10.2. The lowest BCUT2D eigenvalue weighted by Gasteiger charge is -2.07. The summed E-state index contributed by atoms with van der Waals surface area (Å²) in [5, 5.41) is 5.96. The van der Waals surface area contributed by atoms with Gasteiger partial charge in [-0.25, -0.2) is 9.59 Å². The smallest absolute Gasteiger partial charge is 0.414 e. The Balaban J connectivity index is 2.73. The van der Waals surface area contributed by atoms with Crippen LogP contribution in [0, 0.1) is 12.8 Å². The fraction of sp³-hybridized carbons (Fsp3) is 0.583. The number of carbonyl (C=O) groups excluding carboxylic acids is 2. The number of aryl methyl sites for hydroxylation is 1. The molecule has 7 nitrogen and oxygen atoms in total. The van der Waals surface area contributed by atoms with Crippen molar-refractivity contribution in [3.8, 4) is 0 Å². The maximum absolute atomic E-state index is 11.7. The van der Waals surface area contributed by atoms with Crippen LogP contribution in [0.4, 0.5) is 10.7 Å². The molecule has 0 atom stereocenters. The zero-order valence-corrected chi connectivity index (χ0v) is 11.5. The minimum Gasteiger partial charge on any atom is -0.462 e. The van der Waals surface area contributed by atoms with Crippen LogP contribution in [-0.2, 0) is 9.47 Å². The molecule has 1 aromatic heterocycles. The van der Waals surface area contributed by atoms with Gasteiger partial charge in [-0.2, -0.15) is 0 Å². The van der Waals surface area contributed by atoms with Crippen molar-refractivity contribution in [2.75, 3.05) is 18.5 Å². The van der Waals surface area contributed by atoms with Crippen LogP contribution < -0.4 is 5.32 Å². The summed E-state index contributed by atoms with van der Waals surface area (Å²) in [6, 6.07) is 0. The third-order valence-corrected chi connectivity index (χ3v) is 2.11. The molecule has 19 heavy (non-hydrogen) atoms. The second-order valence-corrected chi connectivity index (χ2v) is 4.31. The van der Waals surface area contributed by atoms with Crippen LogP contribution >= 0.6 is 0 Å². The molecule has 0 saturated carbocycles. The van der Waals surface area contributed by atoms with Crippen molar-refractivity contribution >= 4 is 17.9 Å². The molecule has 0 spiro atoms. The summed E-state index contributed by atoms with van der Waals surface area (Å²) in [6.45, 7) is 7.59. The van der Waals surface area contributed by atoms with E-state index in [-0.39, 0.29) is 30.6 Å². The molecule has 0 saturated heterocycles. The first kappa shape index (κ1) is 15.0. The number of ether oxygens (including phenoxy) is 2. The van der Waals surface area contributed by atoms with Gasteiger partial charge in [0.05, 0.1) is 18.9 Å². The molecule has 7 heteroatoms. The van der Waals surface area contributed by atoms with E-state index in [2.05, 4.69) is 10.5 Å². The third kappa shape index (κ3) is 4.27. The summed E-state index contributed by atoms with van der Waals surface area (Å²) in [5.74, 6) is -0.447. The van der Waals surface area contributed by atoms with Crippen molar-refractivity contribution in [1.82, 2.24) is 5.16 Å². The van der Waals surface area contributed by atoms with E-state index in [4.69, 9.17) is 14.0 Å². The Bertz CT molecular complexity index is 453. The van der Waals surface area contributed by atoms with E-state index in [1.165, 1.54) is 0 Å². The standard InChI is InChI=1S/C12H18N2O5/c1-5-17-11(15)9-8(4)14-19-10(9)13-12(16)18-6-7(2)3/h7H,5-6H2,1-4H3,(H,13,16). The molecule has 1 N–H and O–H groups in total. The SMILES string of the molecule is CCOC(=O)c1c(C)noc1NC(=O)OCC(C)C. The van der Waals surface area contributed by atoms with Crippen LogP contribution in [0.5, 0.6) is 0 Å². The Morgan fingerprint density at radius 1 is 1.37 bits per heavy atom. The van der Waals surface area contributed by atoms with Crippen LogP contribution in [0.3, 0.4) is 0 Å². The zero-order valence-electron chi connectivity index (χ0n) is 11.5. The number of rotatable bonds is 5. The quantitative estimate of drug-likeness (QED) is 0.826. The van der Waals surface area contributed by atoms with Gasteiger partial charge in [0.2, 0.25) is 5.88 Å². The van der Waals surface area contributed by atoms with Crippen LogP contribution in [0.15, 0.2) is 4.52 Å². The maximum Gasteiger partial charge on any atom is 0.414 e. The molecular formula is C12H18N2O5. The minimum atomic E-state index is -0.699. The van der Waals surface area contributed by atoms with Gasteiger partial charge in [-0.1, -0.05) is 19.0 Å². The zero-order chi connectivity index (χ0) is 14.4. The predicted molar refractivity (Wildman–Crippen MR) is 67.0 cm³/mol. The first-order chi connectivity index (χ1) is 8.95. The predicted octanol–water partition coefficient (Wildman–Crippen LogP) is 2.36. The third-order valence-electron chi connectivity index (χ3n) is 2.11. The summed E-state index contributed by atoms with van der Waals surface area (Å²) in [7, 11) is 0. The van der Waals surface area contributed by atoms with Gasteiger partial charge in [0.1, 0.15) is 5.56 Å². The van der Waals surface area contributed by atoms with Gasteiger partial charge in [-0.05, 0) is 19.8 Å². The Morgan fingerprint density at radius 2 is 2.05 bits per heavy atom. The van der Waals surface area contributed by atoms with Crippen molar-refractivity contribution < 1.29 is 23.6 Å². The Labute approximate surface area is 111 Å². The highest BCUT2D eigenvalue weighted by Gasteiger charge is 2.23.